The molecular weight excluding hydrogens is 222 g/mol. The normalized spacial score (nSPS) is 9.71. The largest absolute Gasteiger partial charge is 0.368 e. The number of hydrogen-bond donors (Lipinski definition) is 3. The number of primary amides is 1. The first-order chi connectivity index (χ1) is 8.13. The van der Waals surface area contributed by atoms with Gasteiger partial charge in [0.25, 0.3) is 5.91 Å². The molecule has 17 heavy (non-hydrogen) atoms. The highest BCUT2D eigenvalue weighted by molar-refractivity contribution is 5.90. The summed E-state index contributed by atoms with van der Waals surface area (Å²) in [6.07, 6.45) is 0.354. The van der Waals surface area contributed by atoms with Crippen LogP contribution in [-0.2, 0) is 4.79 Å². The average molecular weight is 237 g/mol. The Morgan fingerprint density at radius 3 is 2.65 bits per heavy atom. The number of nitrogens with two attached hydrogens (primary N) is 1. The van der Waals surface area contributed by atoms with E-state index in [9.17, 15) is 9.59 Å². The second-order valence-corrected chi connectivity index (χ2v) is 3.30. The van der Waals surface area contributed by atoms with Crippen molar-refractivity contribution in [3.63, 3.8) is 0 Å². The molecule has 7 heteroatoms. The lowest BCUT2D eigenvalue weighted by atomic mass is 10.3. The van der Waals surface area contributed by atoms with Crippen LogP contribution in [0.5, 0.6) is 0 Å². The lowest BCUT2D eigenvalue weighted by Crippen LogP contribution is -2.25. The fourth-order valence-corrected chi connectivity index (χ4v) is 1.15. The Hall–Kier alpha value is -2.18. The number of amides is 2. The number of nitrogens with one attached hydrogen (secondary N) is 2. The molecule has 0 aliphatic rings. The third kappa shape index (κ3) is 4.45. The van der Waals surface area contributed by atoms with Crippen LogP contribution < -0.4 is 16.4 Å². The van der Waals surface area contributed by atoms with Gasteiger partial charge in [-0.05, 0) is 19.1 Å². The van der Waals surface area contributed by atoms with Gasteiger partial charge >= 0.3 is 0 Å². The molecule has 1 rings (SSSR count). The minimum atomic E-state index is -0.619. The minimum Gasteiger partial charge on any atom is -0.368 e. The topological polar surface area (TPSA) is 110 Å². The summed E-state index contributed by atoms with van der Waals surface area (Å²) in [6, 6.07) is 3.06. The molecule has 1 aromatic heterocycles. The molecule has 0 bridgehead atoms. The van der Waals surface area contributed by atoms with Gasteiger partial charge in [0.2, 0.25) is 5.91 Å². The van der Waals surface area contributed by atoms with Gasteiger partial charge in [0.15, 0.2) is 5.69 Å². The molecule has 0 saturated heterocycles. The van der Waals surface area contributed by atoms with E-state index in [0.717, 1.165) is 0 Å². The van der Waals surface area contributed by atoms with Crippen LogP contribution in [0.15, 0.2) is 12.1 Å². The van der Waals surface area contributed by atoms with Crippen LogP contribution >= 0.6 is 0 Å². The molecule has 92 valence electrons. The third-order valence-electron chi connectivity index (χ3n) is 1.95. The Bertz CT molecular complexity index is 390. The van der Waals surface area contributed by atoms with Crippen LogP contribution in [0.4, 0.5) is 5.82 Å². The summed E-state index contributed by atoms with van der Waals surface area (Å²) in [6.45, 7) is 2.93. The molecule has 0 atom stereocenters. The van der Waals surface area contributed by atoms with Crippen LogP contribution in [-0.4, -0.2) is 35.1 Å². The van der Waals surface area contributed by atoms with E-state index < -0.39 is 5.91 Å². The Morgan fingerprint density at radius 2 is 2.12 bits per heavy atom. The van der Waals surface area contributed by atoms with Gasteiger partial charge in [0.1, 0.15) is 5.82 Å². The summed E-state index contributed by atoms with van der Waals surface area (Å²) in [5, 5.41) is 13.0. The van der Waals surface area contributed by atoms with Gasteiger partial charge in [-0.1, -0.05) is 0 Å². The van der Waals surface area contributed by atoms with Gasteiger partial charge in [0, 0.05) is 19.5 Å². The fourth-order valence-electron chi connectivity index (χ4n) is 1.15. The predicted octanol–water partition coefficient (Wildman–Crippen LogP) is -0.486. The zero-order chi connectivity index (χ0) is 12.7. The van der Waals surface area contributed by atoms with Crippen molar-refractivity contribution in [2.24, 2.45) is 5.73 Å². The second kappa shape index (κ2) is 6.41. The fraction of sp³-hybridized carbons (Fsp3) is 0.400. The van der Waals surface area contributed by atoms with Crippen molar-refractivity contribution in [2.45, 2.75) is 13.3 Å². The van der Waals surface area contributed by atoms with Crippen LogP contribution in [0.25, 0.3) is 0 Å². The Labute approximate surface area is 98.8 Å². The zero-order valence-electron chi connectivity index (χ0n) is 9.56. The maximum Gasteiger partial charge on any atom is 0.269 e. The number of rotatable bonds is 6. The highest BCUT2D eigenvalue weighted by Gasteiger charge is 2.03. The van der Waals surface area contributed by atoms with Gasteiger partial charge in [-0.25, -0.2) is 0 Å². The Balaban J connectivity index is 2.37. The van der Waals surface area contributed by atoms with Crippen molar-refractivity contribution in [2.75, 3.05) is 18.4 Å². The Morgan fingerprint density at radius 1 is 1.35 bits per heavy atom. The van der Waals surface area contributed by atoms with Crippen LogP contribution in [0.2, 0.25) is 0 Å². The molecular formula is C10H15N5O2. The molecule has 0 aromatic carbocycles. The lowest BCUT2D eigenvalue weighted by Gasteiger charge is -2.05. The molecule has 0 saturated carbocycles. The first-order valence-electron chi connectivity index (χ1n) is 5.27. The number of hydrogen-bond acceptors (Lipinski definition) is 5. The SMILES string of the molecule is CCNC(=O)CCNc1ccc(C(N)=O)nn1. The zero-order valence-corrected chi connectivity index (χ0v) is 9.56. The van der Waals surface area contributed by atoms with Crippen molar-refractivity contribution in [1.82, 2.24) is 15.5 Å². The molecule has 2 amide bonds. The summed E-state index contributed by atoms with van der Waals surface area (Å²) in [7, 11) is 0. The third-order valence-corrected chi connectivity index (χ3v) is 1.95. The molecule has 0 aliphatic carbocycles. The number of carbonyl (C=O) groups excluding carboxylic acids is 2. The van der Waals surface area contributed by atoms with Crippen molar-refractivity contribution in [3.8, 4) is 0 Å². The van der Waals surface area contributed by atoms with E-state index in [1.807, 2.05) is 6.92 Å². The summed E-state index contributed by atoms with van der Waals surface area (Å²) < 4.78 is 0. The monoisotopic (exact) mass is 237 g/mol. The molecule has 0 unspecified atom stereocenters. The summed E-state index contributed by atoms with van der Waals surface area (Å²) in [5.41, 5.74) is 5.13. The van der Waals surface area contributed by atoms with Gasteiger partial charge in [-0.2, -0.15) is 0 Å². The van der Waals surface area contributed by atoms with E-state index in [4.69, 9.17) is 5.73 Å². The molecule has 4 N–H and O–H groups in total. The van der Waals surface area contributed by atoms with Gasteiger partial charge < -0.3 is 16.4 Å². The van der Waals surface area contributed by atoms with E-state index in [0.29, 0.717) is 25.3 Å². The molecule has 0 radical (unpaired) electrons. The molecule has 7 nitrogen and oxygen atoms in total. The van der Waals surface area contributed by atoms with Crippen LogP contribution in [0.3, 0.4) is 0 Å². The van der Waals surface area contributed by atoms with E-state index >= 15 is 0 Å². The van der Waals surface area contributed by atoms with Crippen LogP contribution in [0, 0.1) is 0 Å². The summed E-state index contributed by atoms with van der Waals surface area (Å²) in [5.74, 6) is -0.146. The van der Waals surface area contributed by atoms with Crippen molar-refractivity contribution in [1.29, 1.82) is 0 Å². The van der Waals surface area contributed by atoms with E-state index in [1.165, 1.54) is 6.07 Å². The maximum atomic E-state index is 11.1. The van der Waals surface area contributed by atoms with E-state index in [2.05, 4.69) is 20.8 Å². The number of anilines is 1. The molecule has 0 fully saturated rings. The first kappa shape index (κ1) is 12.9. The summed E-state index contributed by atoms with van der Waals surface area (Å²) >= 11 is 0. The molecule has 0 aliphatic heterocycles. The first-order valence-corrected chi connectivity index (χ1v) is 5.27. The highest BCUT2D eigenvalue weighted by atomic mass is 16.2. The van der Waals surface area contributed by atoms with Gasteiger partial charge in [-0.3, -0.25) is 9.59 Å². The molecule has 1 heterocycles. The second-order valence-electron chi connectivity index (χ2n) is 3.30. The molecule has 1 aromatic rings. The smallest absolute Gasteiger partial charge is 0.269 e. The van der Waals surface area contributed by atoms with Crippen LogP contribution in [0.1, 0.15) is 23.8 Å². The van der Waals surface area contributed by atoms with Crippen molar-refractivity contribution < 1.29 is 9.59 Å². The predicted molar refractivity (Wildman–Crippen MR) is 62.3 cm³/mol. The lowest BCUT2D eigenvalue weighted by molar-refractivity contribution is -0.120. The van der Waals surface area contributed by atoms with Crippen molar-refractivity contribution >= 4 is 17.6 Å². The molecule has 0 spiro atoms. The average Bonchev–Trinajstić information content (AvgIpc) is 2.30. The maximum absolute atomic E-state index is 11.1. The standard InChI is InChI=1S/C10H15N5O2/c1-2-12-9(16)5-6-13-8-4-3-7(10(11)17)14-15-8/h3-4H,2,5-6H2,1H3,(H2,11,17)(H,12,16)(H,13,15). The number of nitrogens with zero attached hydrogens (tertiary/aromatic N) is 2. The number of carbonyl (C=O) groups is 2. The van der Waals surface area contributed by atoms with Crippen molar-refractivity contribution in [3.05, 3.63) is 17.8 Å². The van der Waals surface area contributed by atoms with E-state index in [1.54, 1.807) is 6.07 Å². The Kier molecular flexibility index (Phi) is 4.86. The van der Waals surface area contributed by atoms with E-state index in [-0.39, 0.29) is 11.6 Å². The summed E-state index contributed by atoms with van der Waals surface area (Å²) in [4.78, 5) is 21.9. The van der Waals surface area contributed by atoms with Gasteiger partial charge in [0.05, 0.1) is 0 Å². The van der Waals surface area contributed by atoms with Gasteiger partial charge in [-0.15, -0.1) is 10.2 Å². The minimum absolute atomic E-state index is 0.0262. The quantitative estimate of drug-likeness (QED) is 0.618. The number of aromatic nitrogens is 2. The highest BCUT2D eigenvalue weighted by Crippen LogP contribution is 2.01.